The molecule has 1 saturated heterocycles. The number of tetrazole rings is 1. The molecule has 1 saturated carbocycles. The Morgan fingerprint density at radius 1 is 1.33 bits per heavy atom. The van der Waals surface area contributed by atoms with Crippen molar-refractivity contribution in [3.8, 4) is 0 Å². The number of anilines is 1. The molecule has 3 heterocycles. The average molecular weight is 305 g/mol. The minimum atomic E-state index is 0.468. The van der Waals surface area contributed by atoms with Gasteiger partial charge in [-0.2, -0.15) is 0 Å². The van der Waals surface area contributed by atoms with Crippen LogP contribution in [0.3, 0.4) is 0 Å². The summed E-state index contributed by atoms with van der Waals surface area (Å²) in [6.07, 6.45) is 4.31. The number of hydrogen-bond donors (Lipinski definition) is 0. The van der Waals surface area contributed by atoms with Gasteiger partial charge in [0.25, 0.3) is 0 Å². The molecule has 2 aliphatic rings. The van der Waals surface area contributed by atoms with Gasteiger partial charge in [-0.3, -0.25) is 4.90 Å². The molecular weight excluding hydrogens is 286 g/mol. The lowest BCUT2D eigenvalue weighted by molar-refractivity contribution is 0.212. The first-order valence-corrected chi connectivity index (χ1v) is 8.34. The van der Waals surface area contributed by atoms with E-state index in [1.54, 1.807) is 11.3 Å². The summed E-state index contributed by atoms with van der Waals surface area (Å²) in [4.78, 5) is 9.26. The van der Waals surface area contributed by atoms with Crippen LogP contribution in [0.4, 0.5) is 5.13 Å². The summed E-state index contributed by atoms with van der Waals surface area (Å²) in [7, 11) is 0. The maximum atomic E-state index is 4.43. The summed E-state index contributed by atoms with van der Waals surface area (Å²) in [5, 5.41) is 15.3. The van der Waals surface area contributed by atoms with Gasteiger partial charge in [-0.25, -0.2) is 9.67 Å². The summed E-state index contributed by atoms with van der Waals surface area (Å²) in [6, 6.07) is 1.01. The van der Waals surface area contributed by atoms with E-state index in [1.165, 1.54) is 12.8 Å². The third-order valence-corrected chi connectivity index (χ3v) is 5.00. The molecule has 2 fully saturated rings. The van der Waals surface area contributed by atoms with Crippen molar-refractivity contribution in [3.05, 3.63) is 17.4 Å². The third kappa shape index (κ3) is 2.65. The van der Waals surface area contributed by atoms with Gasteiger partial charge in [-0.05, 0) is 30.2 Å². The Balaban J connectivity index is 1.41. The fourth-order valence-corrected chi connectivity index (χ4v) is 3.71. The highest BCUT2D eigenvalue weighted by Gasteiger charge is 2.30. The zero-order valence-corrected chi connectivity index (χ0v) is 12.9. The minimum Gasteiger partial charge on any atom is -0.343 e. The molecule has 1 atom stereocenters. The molecule has 0 bridgehead atoms. The Bertz CT molecular complexity index is 591. The molecule has 112 valence electrons. The zero-order chi connectivity index (χ0) is 14.2. The number of piperazine rings is 1. The van der Waals surface area contributed by atoms with E-state index in [4.69, 9.17) is 0 Å². The van der Waals surface area contributed by atoms with Gasteiger partial charge < -0.3 is 4.90 Å². The predicted molar refractivity (Wildman–Crippen MR) is 80.3 cm³/mol. The maximum Gasteiger partial charge on any atom is 0.185 e. The lowest BCUT2D eigenvalue weighted by Crippen LogP contribution is -2.51. The van der Waals surface area contributed by atoms with Gasteiger partial charge in [0.2, 0.25) is 0 Å². The zero-order valence-electron chi connectivity index (χ0n) is 12.1. The van der Waals surface area contributed by atoms with E-state index in [2.05, 4.69) is 37.2 Å². The van der Waals surface area contributed by atoms with Crippen LogP contribution in [-0.2, 0) is 6.54 Å². The second kappa shape index (κ2) is 5.34. The van der Waals surface area contributed by atoms with Gasteiger partial charge in [0, 0.05) is 37.3 Å². The van der Waals surface area contributed by atoms with Crippen LogP contribution in [0.1, 0.15) is 31.6 Å². The van der Waals surface area contributed by atoms with Gasteiger partial charge >= 0.3 is 0 Å². The molecule has 1 unspecified atom stereocenters. The van der Waals surface area contributed by atoms with Crippen molar-refractivity contribution in [3.63, 3.8) is 0 Å². The molecule has 0 radical (unpaired) electrons. The fraction of sp³-hybridized carbons (Fsp3) is 0.692. The van der Waals surface area contributed by atoms with Crippen LogP contribution >= 0.6 is 11.3 Å². The first-order chi connectivity index (χ1) is 10.3. The smallest absolute Gasteiger partial charge is 0.185 e. The standard InChI is InChI=1S/C13H19N7S/c1-10-8-18(5-6-19(10)13-14-4-7-21-13)9-12-15-16-17-20(12)11-2-3-11/h4,7,10-11H,2-3,5-6,8-9H2,1H3. The topological polar surface area (TPSA) is 63.0 Å². The Kier molecular flexibility index (Phi) is 3.34. The number of hydrogen-bond acceptors (Lipinski definition) is 7. The van der Waals surface area contributed by atoms with E-state index in [0.29, 0.717) is 12.1 Å². The van der Waals surface area contributed by atoms with Crippen molar-refractivity contribution in [2.45, 2.75) is 38.4 Å². The Labute approximate surface area is 127 Å². The second-order valence-electron chi connectivity index (χ2n) is 5.86. The predicted octanol–water partition coefficient (Wildman–Crippen LogP) is 1.18. The van der Waals surface area contributed by atoms with Crippen LogP contribution < -0.4 is 4.90 Å². The van der Waals surface area contributed by atoms with Crippen molar-refractivity contribution in [1.29, 1.82) is 0 Å². The van der Waals surface area contributed by atoms with Crippen LogP contribution in [0.2, 0.25) is 0 Å². The number of nitrogens with zero attached hydrogens (tertiary/aromatic N) is 7. The van der Waals surface area contributed by atoms with Crippen molar-refractivity contribution >= 4 is 16.5 Å². The number of aromatic nitrogens is 5. The van der Waals surface area contributed by atoms with E-state index < -0.39 is 0 Å². The molecule has 2 aromatic heterocycles. The van der Waals surface area contributed by atoms with Crippen LogP contribution in [0.5, 0.6) is 0 Å². The molecule has 4 rings (SSSR count). The van der Waals surface area contributed by atoms with E-state index in [-0.39, 0.29) is 0 Å². The number of rotatable bonds is 4. The minimum absolute atomic E-state index is 0.468. The number of thiazole rings is 1. The lowest BCUT2D eigenvalue weighted by Gasteiger charge is -2.39. The quantitative estimate of drug-likeness (QED) is 0.845. The molecule has 0 amide bonds. The van der Waals surface area contributed by atoms with Gasteiger partial charge in [-0.1, -0.05) is 0 Å². The van der Waals surface area contributed by atoms with Gasteiger partial charge in [-0.15, -0.1) is 16.4 Å². The lowest BCUT2D eigenvalue weighted by atomic mass is 10.2. The van der Waals surface area contributed by atoms with E-state index in [9.17, 15) is 0 Å². The first-order valence-electron chi connectivity index (χ1n) is 7.46. The largest absolute Gasteiger partial charge is 0.343 e. The van der Waals surface area contributed by atoms with Gasteiger partial charge in [0.1, 0.15) is 0 Å². The van der Waals surface area contributed by atoms with Crippen molar-refractivity contribution in [2.75, 3.05) is 24.5 Å². The summed E-state index contributed by atoms with van der Waals surface area (Å²) < 4.78 is 2.01. The van der Waals surface area contributed by atoms with Gasteiger partial charge in [0.15, 0.2) is 11.0 Å². The van der Waals surface area contributed by atoms with Crippen LogP contribution in [-0.4, -0.2) is 55.8 Å². The van der Waals surface area contributed by atoms with Crippen molar-refractivity contribution in [1.82, 2.24) is 30.1 Å². The van der Waals surface area contributed by atoms with Crippen molar-refractivity contribution < 1.29 is 0 Å². The van der Waals surface area contributed by atoms with Crippen LogP contribution in [0.25, 0.3) is 0 Å². The highest BCUT2D eigenvalue weighted by Crippen LogP contribution is 2.34. The molecular formula is C13H19N7S. The molecule has 0 N–H and O–H groups in total. The summed E-state index contributed by atoms with van der Waals surface area (Å²) in [5.41, 5.74) is 0. The molecule has 0 aromatic carbocycles. The highest BCUT2D eigenvalue weighted by molar-refractivity contribution is 7.13. The molecule has 8 heteroatoms. The summed E-state index contributed by atoms with van der Waals surface area (Å²) in [6.45, 7) is 6.18. The normalized spacial score (nSPS) is 23.7. The molecule has 7 nitrogen and oxygen atoms in total. The monoisotopic (exact) mass is 305 g/mol. The SMILES string of the molecule is CC1CN(Cc2nnnn2C2CC2)CCN1c1nccs1. The Morgan fingerprint density at radius 2 is 2.24 bits per heavy atom. The molecule has 2 aromatic rings. The first kappa shape index (κ1) is 13.1. The van der Waals surface area contributed by atoms with E-state index >= 15 is 0 Å². The molecule has 1 aliphatic carbocycles. The van der Waals surface area contributed by atoms with Crippen LogP contribution in [0.15, 0.2) is 11.6 Å². The van der Waals surface area contributed by atoms with Gasteiger partial charge in [0.05, 0.1) is 12.6 Å². The highest BCUT2D eigenvalue weighted by atomic mass is 32.1. The summed E-state index contributed by atoms with van der Waals surface area (Å²) in [5.74, 6) is 1.01. The second-order valence-corrected chi connectivity index (χ2v) is 6.74. The fourth-order valence-electron chi connectivity index (χ4n) is 2.94. The van der Waals surface area contributed by atoms with Crippen LogP contribution in [0, 0.1) is 0 Å². The molecule has 1 aliphatic heterocycles. The molecule has 0 spiro atoms. The van der Waals surface area contributed by atoms with Crippen molar-refractivity contribution in [2.24, 2.45) is 0 Å². The van der Waals surface area contributed by atoms with E-state index in [1.807, 2.05) is 16.3 Å². The third-order valence-electron chi connectivity index (χ3n) is 4.20. The molecule has 21 heavy (non-hydrogen) atoms. The maximum absolute atomic E-state index is 4.43. The average Bonchev–Trinajstić information content (AvgIpc) is 2.99. The Hall–Kier alpha value is -1.54. The van der Waals surface area contributed by atoms with E-state index in [0.717, 1.165) is 37.1 Å². The Morgan fingerprint density at radius 3 is 2.95 bits per heavy atom. The summed E-state index contributed by atoms with van der Waals surface area (Å²) >= 11 is 1.71.